The Morgan fingerprint density at radius 2 is 1.68 bits per heavy atom. The van der Waals surface area contributed by atoms with E-state index < -0.39 is 0 Å². The van der Waals surface area contributed by atoms with E-state index in [1.54, 1.807) is 31.5 Å². The molecular formula is C29H24Cl2N4O4S. The zero-order valence-corrected chi connectivity index (χ0v) is 23.8. The van der Waals surface area contributed by atoms with Gasteiger partial charge in [-0.25, -0.2) is 15.0 Å². The minimum absolute atomic E-state index is 0.123. The van der Waals surface area contributed by atoms with Gasteiger partial charge in [0.2, 0.25) is 0 Å². The van der Waals surface area contributed by atoms with E-state index in [0.29, 0.717) is 51.3 Å². The molecule has 8 nitrogen and oxygen atoms in total. The molecule has 40 heavy (non-hydrogen) atoms. The van der Waals surface area contributed by atoms with Crippen molar-refractivity contribution < 1.29 is 19.8 Å². The fourth-order valence-corrected chi connectivity index (χ4v) is 5.19. The number of aliphatic hydroxyl groups excluding tert-OH is 1. The molecule has 2 aromatic heterocycles. The molecule has 0 bridgehead atoms. The predicted molar refractivity (Wildman–Crippen MR) is 156 cm³/mol. The molecule has 0 saturated carbocycles. The van der Waals surface area contributed by atoms with Gasteiger partial charge in [-0.05, 0) is 59.8 Å². The molecule has 11 heteroatoms. The Balaban J connectivity index is 1.60. The van der Waals surface area contributed by atoms with Crippen molar-refractivity contribution in [1.29, 1.82) is 0 Å². The van der Waals surface area contributed by atoms with Gasteiger partial charge in [0.25, 0.3) is 0 Å². The van der Waals surface area contributed by atoms with Crippen LogP contribution in [-0.4, -0.2) is 43.4 Å². The van der Waals surface area contributed by atoms with Crippen LogP contribution < -0.4 is 9.47 Å². The maximum Gasteiger partial charge on any atom is 0.187 e. The quantitative estimate of drug-likeness (QED) is 0.107. The number of methoxy groups -OCH3 is 1. The summed E-state index contributed by atoms with van der Waals surface area (Å²) in [5, 5.41) is 22.1. The molecule has 2 heterocycles. The topological polar surface area (TPSA) is 103 Å². The lowest BCUT2D eigenvalue weighted by molar-refractivity contribution is 0.195. The van der Waals surface area contributed by atoms with E-state index in [-0.39, 0.29) is 22.5 Å². The second-order valence-electron chi connectivity index (χ2n) is 8.63. The average molecular weight is 596 g/mol. The number of benzene rings is 3. The number of halogens is 2. The molecule has 2 N–H and O–H groups in total. The highest BCUT2D eigenvalue weighted by molar-refractivity contribution is 7.98. The minimum atomic E-state index is -0.231. The number of imidazole rings is 1. The van der Waals surface area contributed by atoms with Crippen LogP contribution in [0.1, 0.15) is 11.1 Å². The zero-order valence-electron chi connectivity index (χ0n) is 21.5. The van der Waals surface area contributed by atoms with E-state index in [0.717, 1.165) is 16.0 Å². The van der Waals surface area contributed by atoms with Gasteiger partial charge in [0.05, 0.1) is 35.0 Å². The highest BCUT2D eigenvalue weighted by Gasteiger charge is 2.25. The molecule has 0 fully saturated rings. The Morgan fingerprint density at radius 3 is 2.35 bits per heavy atom. The molecule has 5 aromatic rings. The van der Waals surface area contributed by atoms with Crippen LogP contribution >= 0.6 is 35.0 Å². The Labute approximate surface area is 245 Å². The second kappa shape index (κ2) is 12.2. The summed E-state index contributed by atoms with van der Waals surface area (Å²) in [4.78, 5) is 13.6. The van der Waals surface area contributed by atoms with Crippen molar-refractivity contribution in [3.63, 3.8) is 0 Å². The molecule has 0 unspecified atom stereocenters. The molecule has 0 saturated heterocycles. The van der Waals surface area contributed by atoms with Crippen LogP contribution in [0.2, 0.25) is 10.0 Å². The molecule has 0 radical (unpaired) electrons. The largest absolute Gasteiger partial charge is 0.497 e. The summed E-state index contributed by atoms with van der Waals surface area (Å²) >= 11 is 14.5. The van der Waals surface area contributed by atoms with Crippen LogP contribution in [0.5, 0.6) is 11.5 Å². The van der Waals surface area contributed by atoms with Gasteiger partial charge in [0.15, 0.2) is 11.0 Å². The van der Waals surface area contributed by atoms with Crippen LogP contribution in [0.3, 0.4) is 0 Å². The lowest BCUT2D eigenvalue weighted by Gasteiger charge is -2.11. The molecule has 0 atom stereocenters. The number of aromatic nitrogens is 4. The summed E-state index contributed by atoms with van der Waals surface area (Å²) in [5.41, 5.74) is 3.75. The maximum atomic E-state index is 11.5. The number of ether oxygens (including phenoxy) is 2. The highest BCUT2D eigenvalue weighted by Crippen LogP contribution is 2.41. The number of hydrogen-bond donors (Lipinski definition) is 2. The lowest BCUT2D eigenvalue weighted by atomic mass is 10.1. The van der Waals surface area contributed by atoms with Crippen LogP contribution in [0.25, 0.3) is 34.0 Å². The molecule has 0 amide bonds. The van der Waals surface area contributed by atoms with Crippen LogP contribution in [0.15, 0.2) is 78.1 Å². The third-order valence-corrected chi connectivity index (χ3v) is 7.25. The van der Waals surface area contributed by atoms with Crippen molar-refractivity contribution in [3.05, 3.63) is 94.1 Å². The van der Waals surface area contributed by atoms with Crippen LogP contribution in [0, 0.1) is 0 Å². The molecular weight excluding hydrogens is 571 g/mol. The van der Waals surface area contributed by atoms with Crippen molar-refractivity contribution in [2.45, 2.75) is 18.4 Å². The van der Waals surface area contributed by atoms with Gasteiger partial charge in [0.1, 0.15) is 29.5 Å². The molecule has 3 aromatic carbocycles. The first-order valence-electron chi connectivity index (χ1n) is 12.1. The molecule has 0 aliphatic heterocycles. The monoisotopic (exact) mass is 594 g/mol. The molecule has 0 aliphatic carbocycles. The van der Waals surface area contributed by atoms with Gasteiger partial charge in [0, 0.05) is 11.8 Å². The molecule has 0 spiro atoms. The van der Waals surface area contributed by atoms with E-state index >= 15 is 0 Å². The summed E-state index contributed by atoms with van der Waals surface area (Å²) < 4.78 is 12.2. The van der Waals surface area contributed by atoms with Gasteiger partial charge in [-0.3, -0.25) is 0 Å². The van der Waals surface area contributed by atoms with E-state index in [4.69, 9.17) is 37.7 Å². The zero-order chi connectivity index (χ0) is 28.2. The first kappa shape index (κ1) is 27.8. The van der Waals surface area contributed by atoms with Crippen molar-refractivity contribution in [2.24, 2.45) is 0 Å². The summed E-state index contributed by atoms with van der Waals surface area (Å²) in [6.45, 7) is 0.112. The normalized spacial score (nSPS) is 11.0. The average Bonchev–Trinajstić information content (AvgIpc) is 3.32. The maximum absolute atomic E-state index is 11.5. The van der Waals surface area contributed by atoms with E-state index in [1.807, 2.05) is 54.8 Å². The highest BCUT2D eigenvalue weighted by atomic mass is 35.5. The molecule has 5 rings (SSSR count). The number of rotatable bonds is 9. The van der Waals surface area contributed by atoms with Crippen molar-refractivity contribution in [3.8, 4) is 45.5 Å². The van der Waals surface area contributed by atoms with E-state index in [9.17, 15) is 10.3 Å². The second-order valence-corrected chi connectivity index (χ2v) is 10.2. The number of aliphatic hydroxyl groups is 1. The van der Waals surface area contributed by atoms with E-state index in [2.05, 4.69) is 9.97 Å². The lowest BCUT2D eigenvalue weighted by Crippen LogP contribution is -2.00. The van der Waals surface area contributed by atoms with Crippen molar-refractivity contribution in [1.82, 2.24) is 19.7 Å². The van der Waals surface area contributed by atoms with Gasteiger partial charge in [-0.15, -0.1) is 0 Å². The number of nitrogens with zero attached hydrogens (tertiary/aromatic N) is 4. The predicted octanol–water partition coefficient (Wildman–Crippen LogP) is 7.02. The SMILES string of the molecule is COc1ccc(COc2cccc(-c3c(-c4ccnc(SC)n4)nc(-c4c(Cl)cc(CO)cc4Cl)n3O)c2)cc1. The third kappa shape index (κ3) is 5.73. The van der Waals surface area contributed by atoms with E-state index in [1.165, 1.54) is 11.8 Å². The summed E-state index contributed by atoms with van der Waals surface area (Å²) in [6.07, 6.45) is 3.51. The number of hydrogen-bond acceptors (Lipinski definition) is 8. The Hall–Kier alpha value is -3.76. The fraction of sp³-hybridized carbons (Fsp3) is 0.138. The van der Waals surface area contributed by atoms with Gasteiger partial charge >= 0.3 is 0 Å². The Kier molecular flexibility index (Phi) is 8.46. The van der Waals surface area contributed by atoms with Crippen molar-refractivity contribution >= 4 is 35.0 Å². The van der Waals surface area contributed by atoms with Crippen LogP contribution in [0.4, 0.5) is 0 Å². The van der Waals surface area contributed by atoms with Gasteiger partial charge in [-0.2, -0.15) is 4.73 Å². The standard InChI is InChI=1S/C29H24Cl2N4O4S/c1-38-20-8-6-17(7-9-20)16-39-21-5-3-4-19(14-21)27-26(24-10-11-32-29(33-24)40-2)34-28(35(27)37)25-22(30)12-18(15-36)13-23(25)31/h3-14,36-37H,15-16H2,1-2H3. The Morgan fingerprint density at radius 1 is 0.925 bits per heavy atom. The third-order valence-electron chi connectivity index (χ3n) is 6.09. The summed E-state index contributed by atoms with van der Waals surface area (Å²) in [7, 11) is 1.62. The van der Waals surface area contributed by atoms with Gasteiger partial charge < -0.3 is 19.8 Å². The smallest absolute Gasteiger partial charge is 0.187 e. The van der Waals surface area contributed by atoms with Gasteiger partial charge in [-0.1, -0.05) is 59.2 Å². The first-order chi connectivity index (χ1) is 19.4. The first-order valence-corrected chi connectivity index (χ1v) is 14.0. The summed E-state index contributed by atoms with van der Waals surface area (Å²) in [5.74, 6) is 1.49. The fourth-order valence-electron chi connectivity index (χ4n) is 4.13. The number of thioether (sulfide) groups is 1. The van der Waals surface area contributed by atoms with Crippen molar-refractivity contribution in [2.75, 3.05) is 13.4 Å². The minimum Gasteiger partial charge on any atom is -0.497 e. The van der Waals surface area contributed by atoms with Crippen LogP contribution in [-0.2, 0) is 13.2 Å². The Bertz CT molecular complexity index is 1640. The molecule has 0 aliphatic rings. The molecule has 204 valence electrons. The summed E-state index contributed by atoms with van der Waals surface area (Å²) in [6, 6.07) is 19.8.